The Morgan fingerprint density at radius 3 is 3.00 bits per heavy atom. The van der Waals surface area contributed by atoms with Gasteiger partial charge in [0.25, 0.3) is 0 Å². The first-order valence-electron chi connectivity index (χ1n) is 5.81. The highest BCUT2D eigenvalue weighted by Crippen LogP contribution is 2.43. The Morgan fingerprint density at radius 2 is 2.30 bits per heavy atom. The van der Waals surface area contributed by atoms with E-state index >= 15 is 0 Å². The zero-order valence-electron chi connectivity index (χ0n) is 10.6. The summed E-state index contributed by atoms with van der Waals surface area (Å²) in [5, 5.41) is 12.7. The van der Waals surface area contributed by atoms with Crippen molar-refractivity contribution in [3.63, 3.8) is 0 Å². The third-order valence-corrected chi connectivity index (χ3v) is 2.90. The van der Waals surface area contributed by atoms with Gasteiger partial charge in [-0.05, 0) is 11.6 Å². The molecule has 0 saturated heterocycles. The van der Waals surface area contributed by atoms with Crippen molar-refractivity contribution in [2.75, 3.05) is 13.9 Å². The van der Waals surface area contributed by atoms with Crippen LogP contribution in [-0.2, 0) is 11.3 Å². The quantitative estimate of drug-likeness (QED) is 0.912. The second-order valence-electron chi connectivity index (χ2n) is 4.15. The first-order valence-corrected chi connectivity index (χ1v) is 5.81. The number of ether oxygens (including phenoxy) is 3. The van der Waals surface area contributed by atoms with Gasteiger partial charge in [0.2, 0.25) is 12.6 Å². The van der Waals surface area contributed by atoms with Crippen LogP contribution in [0.25, 0.3) is 11.3 Å². The van der Waals surface area contributed by atoms with Crippen molar-refractivity contribution in [1.82, 2.24) is 5.16 Å². The fourth-order valence-corrected chi connectivity index (χ4v) is 2.06. The lowest BCUT2D eigenvalue weighted by Gasteiger charge is -2.09. The van der Waals surface area contributed by atoms with Gasteiger partial charge in [0.15, 0.2) is 11.5 Å². The second kappa shape index (κ2) is 4.86. The summed E-state index contributed by atoms with van der Waals surface area (Å²) in [7, 11) is 1.57. The van der Waals surface area contributed by atoms with Crippen LogP contribution in [0.5, 0.6) is 11.5 Å². The van der Waals surface area contributed by atoms with Gasteiger partial charge in [0, 0.05) is 13.2 Å². The molecule has 2 heterocycles. The fourth-order valence-electron chi connectivity index (χ4n) is 2.06. The summed E-state index contributed by atoms with van der Waals surface area (Å²) in [5.41, 5.74) is 1.80. The van der Waals surface area contributed by atoms with Crippen LogP contribution in [0.3, 0.4) is 0 Å². The van der Waals surface area contributed by atoms with Crippen LogP contribution < -0.4 is 9.47 Å². The van der Waals surface area contributed by atoms with Gasteiger partial charge in [0.1, 0.15) is 5.69 Å². The lowest BCUT2D eigenvalue weighted by molar-refractivity contribution is 0.0652. The van der Waals surface area contributed by atoms with E-state index in [1.807, 2.05) is 6.07 Å². The van der Waals surface area contributed by atoms with E-state index in [0.717, 1.165) is 5.56 Å². The molecule has 104 valence electrons. The lowest BCUT2D eigenvalue weighted by Crippen LogP contribution is -1.96. The van der Waals surface area contributed by atoms with Gasteiger partial charge >= 0.3 is 5.97 Å². The molecule has 0 fully saturated rings. The Balaban J connectivity index is 2.14. The highest BCUT2D eigenvalue weighted by molar-refractivity contribution is 5.86. The van der Waals surface area contributed by atoms with E-state index in [0.29, 0.717) is 29.4 Å². The molecule has 1 aliphatic rings. The first kappa shape index (κ1) is 12.5. The predicted molar refractivity (Wildman–Crippen MR) is 65.7 cm³/mol. The van der Waals surface area contributed by atoms with Crippen LogP contribution in [0.1, 0.15) is 16.1 Å². The number of carboxylic acids is 1. The highest BCUT2D eigenvalue weighted by atomic mass is 16.7. The highest BCUT2D eigenvalue weighted by Gasteiger charge is 2.25. The van der Waals surface area contributed by atoms with Crippen LogP contribution in [-0.4, -0.2) is 30.1 Å². The van der Waals surface area contributed by atoms with Gasteiger partial charge in [-0.25, -0.2) is 4.79 Å². The number of carbonyl (C=O) groups is 1. The molecular weight excluding hydrogens is 266 g/mol. The van der Waals surface area contributed by atoms with Crippen LogP contribution in [0.15, 0.2) is 22.7 Å². The second-order valence-corrected chi connectivity index (χ2v) is 4.15. The minimum absolute atomic E-state index is 0.113. The average Bonchev–Trinajstić information content (AvgIpc) is 3.07. The summed E-state index contributed by atoms with van der Waals surface area (Å²) in [6.45, 7) is 0.448. The van der Waals surface area contributed by atoms with Gasteiger partial charge < -0.3 is 23.8 Å². The SMILES string of the molecule is COCc1ccc2c(c1-c1cc(C(=O)O)on1)OCO2. The molecule has 0 aliphatic carbocycles. The topological polar surface area (TPSA) is 91.0 Å². The third kappa shape index (κ3) is 1.97. The number of aromatic carboxylic acids is 1. The van der Waals surface area contributed by atoms with Crippen molar-refractivity contribution in [3.05, 3.63) is 29.5 Å². The van der Waals surface area contributed by atoms with Crippen LogP contribution >= 0.6 is 0 Å². The number of benzene rings is 1. The monoisotopic (exact) mass is 277 g/mol. The molecule has 20 heavy (non-hydrogen) atoms. The molecule has 1 aromatic carbocycles. The van der Waals surface area contributed by atoms with Crippen molar-refractivity contribution in [3.8, 4) is 22.8 Å². The maximum Gasteiger partial charge on any atom is 0.374 e. The molecule has 1 N–H and O–H groups in total. The smallest absolute Gasteiger partial charge is 0.374 e. The number of hydrogen-bond donors (Lipinski definition) is 1. The molecule has 0 radical (unpaired) electrons. The molecule has 7 heteroatoms. The summed E-state index contributed by atoms with van der Waals surface area (Å²) >= 11 is 0. The Labute approximate surface area is 113 Å². The molecule has 0 spiro atoms. The Kier molecular flexibility index (Phi) is 3.03. The summed E-state index contributed by atoms with van der Waals surface area (Å²) in [4.78, 5) is 10.9. The molecule has 0 unspecified atom stereocenters. The summed E-state index contributed by atoms with van der Waals surface area (Å²) in [6, 6.07) is 4.94. The molecule has 1 aliphatic heterocycles. The van der Waals surface area contributed by atoms with Gasteiger partial charge in [-0.1, -0.05) is 11.2 Å². The van der Waals surface area contributed by atoms with E-state index in [9.17, 15) is 4.79 Å². The zero-order valence-corrected chi connectivity index (χ0v) is 10.6. The molecule has 0 bridgehead atoms. The maximum absolute atomic E-state index is 10.9. The van der Waals surface area contributed by atoms with E-state index in [1.165, 1.54) is 6.07 Å². The minimum Gasteiger partial charge on any atom is -0.475 e. The van der Waals surface area contributed by atoms with Gasteiger partial charge in [0.05, 0.1) is 12.2 Å². The lowest BCUT2D eigenvalue weighted by atomic mass is 10.0. The number of fused-ring (bicyclic) bond motifs is 1. The standard InChI is InChI=1S/C13H11NO6/c1-17-5-7-2-3-9-12(19-6-18-9)11(7)8-4-10(13(15)16)20-14-8/h2-4H,5-6H2,1H3,(H,15,16). The van der Waals surface area contributed by atoms with Crippen molar-refractivity contribution in [1.29, 1.82) is 0 Å². The largest absolute Gasteiger partial charge is 0.475 e. The number of nitrogens with zero attached hydrogens (tertiary/aromatic N) is 1. The first-order chi connectivity index (χ1) is 9.70. The molecular formula is C13H11NO6. The van der Waals surface area contributed by atoms with Crippen molar-refractivity contribution in [2.45, 2.75) is 6.61 Å². The molecule has 0 atom stereocenters. The normalized spacial score (nSPS) is 12.7. The Morgan fingerprint density at radius 1 is 1.45 bits per heavy atom. The number of carboxylic acid groups (broad SMARTS) is 1. The van der Waals surface area contributed by atoms with E-state index in [1.54, 1.807) is 13.2 Å². The predicted octanol–water partition coefficient (Wildman–Crippen LogP) is 1.91. The average molecular weight is 277 g/mol. The van der Waals surface area contributed by atoms with E-state index < -0.39 is 5.97 Å². The van der Waals surface area contributed by atoms with E-state index in [4.69, 9.17) is 23.8 Å². The van der Waals surface area contributed by atoms with Crippen molar-refractivity contribution in [2.24, 2.45) is 0 Å². The molecule has 3 rings (SSSR count). The van der Waals surface area contributed by atoms with Crippen molar-refractivity contribution < 1.29 is 28.6 Å². The third-order valence-electron chi connectivity index (χ3n) is 2.90. The maximum atomic E-state index is 10.9. The molecule has 7 nitrogen and oxygen atoms in total. The van der Waals surface area contributed by atoms with Crippen LogP contribution in [0.2, 0.25) is 0 Å². The van der Waals surface area contributed by atoms with Crippen molar-refractivity contribution >= 4 is 5.97 Å². The minimum atomic E-state index is -1.18. The zero-order chi connectivity index (χ0) is 14.1. The number of methoxy groups -OCH3 is 1. The molecule has 0 amide bonds. The van der Waals surface area contributed by atoms with E-state index in [2.05, 4.69) is 5.16 Å². The summed E-state index contributed by atoms with van der Waals surface area (Å²) < 4.78 is 20.7. The summed E-state index contributed by atoms with van der Waals surface area (Å²) in [5.74, 6) is -0.314. The molecule has 1 aromatic heterocycles. The molecule has 2 aromatic rings. The van der Waals surface area contributed by atoms with Gasteiger partial charge in [-0.3, -0.25) is 0 Å². The number of hydrogen-bond acceptors (Lipinski definition) is 6. The number of rotatable bonds is 4. The molecule has 0 saturated carbocycles. The van der Waals surface area contributed by atoms with Crippen LogP contribution in [0, 0.1) is 0 Å². The summed E-state index contributed by atoms with van der Waals surface area (Å²) in [6.07, 6.45) is 0. The number of aromatic nitrogens is 1. The Bertz CT molecular complexity index is 663. The Hall–Kier alpha value is -2.54. The van der Waals surface area contributed by atoms with E-state index in [-0.39, 0.29) is 12.6 Å². The van der Waals surface area contributed by atoms with Crippen LogP contribution in [0.4, 0.5) is 0 Å². The van der Waals surface area contributed by atoms with Gasteiger partial charge in [-0.2, -0.15) is 0 Å². The van der Waals surface area contributed by atoms with Gasteiger partial charge in [-0.15, -0.1) is 0 Å². The fraction of sp³-hybridized carbons (Fsp3) is 0.231.